The van der Waals surface area contributed by atoms with Gasteiger partial charge in [-0.15, -0.1) is 5.10 Å². The van der Waals surface area contributed by atoms with Crippen molar-refractivity contribution in [2.45, 2.75) is 6.54 Å². The molecule has 0 radical (unpaired) electrons. The molecule has 1 aliphatic heterocycles. The lowest BCUT2D eigenvalue weighted by molar-refractivity contribution is 0.0398. The van der Waals surface area contributed by atoms with Crippen molar-refractivity contribution in [1.82, 2.24) is 20.1 Å². The van der Waals surface area contributed by atoms with Crippen molar-refractivity contribution in [1.29, 1.82) is 0 Å². The van der Waals surface area contributed by atoms with Crippen LogP contribution in [-0.2, 0) is 11.3 Å². The van der Waals surface area contributed by atoms with Crippen molar-refractivity contribution in [2.24, 2.45) is 0 Å². The molecule has 2 N–H and O–H groups in total. The highest BCUT2D eigenvalue weighted by Gasteiger charge is 2.09. The number of morpholine rings is 1. The number of benzene rings is 1. The van der Waals surface area contributed by atoms with Crippen LogP contribution in [0.15, 0.2) is 30.5 Å². The van der Waals surface area contributed by atoms with E-state index >= 15 is 0 Å². The molecule has 2 aromatic rings. The zero-order chi connectivity index (χ0) is 17.3. The van der Waals surface area contributed by atoms with Gasteiger partial charge >= 0.3 is 0 Å². The summed E-state index contributed by atoms with van der Waals surface area (Å²) in [4.78, 5) is 6.80. The highest BCUT2D eigenvalue weighted by Crippen LogP contribution is 2.12. The normalized spacial score (nSPS) is 14.9. The molecular weight excluding hydrogens is 320 g/mol. The van der Waals surface area contributed by atoms with Crippen LogP contribution in [0.4, 0.5) is 11.8 Å². The van der Waals surface area contributed by atoms with Crippen molar-refractivity contribution in [3.63, 3.8) is 0 Å². The Hall–Kier alpha value is -2.45. The van der Waals surface area contributed by atoms with Crippen LogP contribution in [0.2, 0.25) is 0 Å². The van der Waals surface area contributed by atoms with Crippen molar-refractivity contribution >= 4 is 11.8 Å². The maximum Gasteiger partial charge on any atom is 0.244 e. The highest BCUT2D eigenvalue weighted by molar-refractivity contribution is 5.38. The Morgan fingerprint density at radius 1 is 1.16 bits per heavy atom. The third-order valence-corrected chi connectivity index (χ3v) is 4.01. The van der Waals surface area contributed by atoms with Crippen molar-refractivity contribution in [3.8, 4) is 5.75 Å². The van der Waals surface area contributed by atoms with E-state index in [-0.39, 0.29) is 0 Å². The van der Waals surface area contributed by atoms with Crippen LogP contribution in [0.3, 0.4) is 0 Å². The molecule has 0 aliphatic carbocycles. The van der Waals surface area contributed by atoms with Gasteiger partial charge in [-0.2, -0.15) is 10.1 Å². The topological polar surface area (TPSA) is 84.4 Å². The summed E-state index contributed by atoms with van der Waals surface area (Å²) in [6.07, 6.45) is 1.62. The molecule has 0 bridgehead atoms. The molecule has 1 aliphatic rings. The first-order valence-corrected chi connectivity index (χ1v) is 8.44. The highest BCUT2D eigenvalue weighted by atomic mass is 16.5. The molecule has 1 aromatic heterocycles. The molecule has 8 heteroatoms. The van der Waals surface area contributed by atoms with E-state index in [1.54, 1.807) is 13.3 Å². The van der Waals surface area contributed by atoms with Crippen LogP contribution in [0.25, 0.3) is 0 Å². The molecule has 2 heterocycles. The zero-order valence-electron chi connectivity index (χ0n) is 14.4. The van der Waals surface area contributed by atoms with Crippen LogP contribution in [0.5, 0.6) is 5.75 Å². The van der Waals surface area contributed by atoms with Gasteiger partial charge in [0.2, 0.25) is 5.95 Å². The Morgan fingerprint density at radius 3 is 2.72 bits per heavy atom. The van der Waals surface area contributed by atoms with Gasteiger partial charge in [0, 0.05) is 32.7 Å². The quantitative estimate of drug-likeness (QED) is 0.740. The molecule has 1 saturated heterocycles. The number of methoxy groups -OCH3 is 1. The van der Waals surface area contributed by atoms with E-state index in [0.29, 0.717) is 18.3 Å². The zero-order valence-corrected chi connectivity index (χ0v) is 14.4. The third-order valence-electron chi connectivity index (χ3n) is 4.01. The van der Waals surface area contributed by atoms with Crippen LogP contribution in [0, 0.1) is 0 Å². The average Bonchev–Trinajstić information content (AvgIpc) is 2.68. The maximum absolute atomic E-state index is 5.34. The second-order valence-electron chi connectivity index (χ2n) is 5.75. The second kappa shape index (κ2) is 9.14. The molecule has 0 saturated carbocycles. The summed E-state index contributed by atoms with van der Waals surface area (Å²) in [7, 11) is 1.66. The number of nitrogens with zero attached hydrogens (tertiary/aromatic N) is 4. The van der Waals surface area contributed by atoms with E-state index in [2.05, 4.69) is 30.7 Å². The molecule has 0 unspecified atom stereocenters. The van der Waals surface area contributed by atoms with Gasteiger partial charge in [-0.3, -0.25) is 4.90 Å². The first kappa shape index (κ1) is 17.4. The van der Waals surface area contributed by atoms with Crippen molar-refractivity contribution in [3.05, 3.63) is 36.0 Å². The monoisotopic (exact) mass is 344 g/mol. The number of anilines is 2. The number of ether oxygens (including phenoxy) is 2. The number of nitrogens with one attached hydrogen (secondary N) is 2. The minimum atomic E-state index is 0.535. The Morgan fingerprint density at radius 2 is 1.96 bits per heavy atom. The third kappa shape index (κ3) is 5.54. The lowest BCUT2D eigenvalue weighted by atomic mass is 10.2. The van der Waals surface area contributed by atoms with Crippen LogP contribution in [0.1, 0.15) is 5.56 Å². The number of hydrogen-bond acceptors (Lipinski definition) is 8. The van der Waals surface area contributed by atoms with Gasteiger partial charge < -0.3 is 20.1 Å². The van der Waals surface area contributed by atoms with Crippen LogP contribution in [-0.4, -0.2) is 66.6 Å². The predicted molar refractivity (Wildman–Crippen MR) is 95.9 cm³/mol. The van der Waals surface area contributed by atoms with Gasteiger partial charge in [-0.1, -0.05) is 12.1 Å². The summed E-state index contributed by atoms with van der Waals surface area (Å²) in [5, 5.41) is 14.5. The van der Waals surface area contributed by atoms with Gasteiger partial charge in [-0.05, 0) is 17.7 Å². The fraction of sp³-hybridized carbons (Fsp3) is 0.471. The molecule has 1 fully saturated rings. The fourth-order valence-corrected chi connectivity index (χ4v) is 2.55. The number of hydrogen-bond donors (Lipinski definition) is 2. The van der Waals surface area contributed by atoms with Crippen LogP contribution >= 0.6 is 0 Å². The number of rotatable bonds is 8. The fourth-order valence-electron chi connectivity index (χ4n) is 2.55. The molecule has 8 nitrogen and oxygen atoms in total. The Balaban J connectivity index is 1.45. The van der Waals surface area contributed by atoms with Gasteiger partial charge in [0.15, 0.2) is 5.82 Å². The summed E-state index contributed by atoms with van der Waals surface area (Å²) < 4.78 is 10.5. The molecule has 3 rings (SSSR count). The van der Waals surface area contributed by atoms with Crippen molar-refractivity contribution < 1.29 is 9.47 Å². The van der Waals surface area contributed by atoms with Crippen molar-refractivity contribution in [2.75, 3.05) is 57.1 Å². The summed E-state index contributed by atoms with van der Waals surface area (Å²) in [5.74, 6) is 2.08. The lowest BCUT2D eigenvalue weighted by Gasteiger charge is -2.26. The summed E-state index contributed by atoms with van der Waals surface area (Å²) in [6.45, 7) is 5.95. The van der Waals surface area contributed by atoms with Gasteiger partial charge in [0.1, 0.15) is 5.75 Å². The van der Waals surface area contributed by atoms with E-state index in [0.717, 1.165) is 50.7 Å². The van der Waals surface area contributed by atoms with E-state index in [1.165, 1.54) is 0 Å². The smallest absolute Gasteiger partial charge is 0.244 e. The molecular formula is C17H24N6O2. The molecule has 0 spiro atoms. The lowest BCUT2D eigenvalue weighted by Crippen LogP contribution is -2.39. The first-order chi connectivity index (χ1) is 12.3. The van der Waals surface area contributed by atoms with E-state index < -0.39 is 0 Å². The largest absolute Gasteiger partial charge is 0.497 e. The minimum Gasteiger partial charge on any atom is -0.497 e. The van der Waals surface area contributed by atoms with Gasteiger partial charge in [0.25, 0.3) is 0 Å². The molecule has 25 heavy (non-hydrogen) atoms. The van der Waals surface area contributed by atoms with Crippen LogP contribution < -0.4 is 15.4 Å². The minimum absolute atomic E-state index is 0.535. The first-order valence-electron chi connectivity index (χ1n) is 8.44. The molecule has 1 aromatic carbocycles. The summed E-state index contributed by atoms with van der Waals surface area (Å²) in [5.41, 5.74) is 1.14. The Labute approximate surface area is 147 Å². The van der Waals surface area contributed by atoms with E-state index in [1.807, 2.05) is 24.3 Å². The maximum atomic E-state index is 5.34. The van der Waals surface area contributed by atoms with Gasteiger partial charge in [-0.25, -0.2) is 0 Å². The molecule has 0 atom stereocenters. The Bertz CT molecular complexity index is 646. The van der Waals surface area contributed by atoms with Gasteiger partial charge in [0.05, 0.1) is 26.5 Å². The van der Waals surface area contributed by atoms with E-state index in [4.69, 9.17) is 9.47 Å². The SMILES string of the molecule is COc1ccc(CNc2cnnc(NCCN3CCOCC3)n2)cc1. The molecule has 0 amide bonds. The predicted octanol–water partition coefficient (Wildman–Crippen LogP) is 1.24. The average molecular weight is 344 g/mol. The summed E-state index contributed by atoms with van der Waals surface area (Å²) in [6, 6.07) is 7.91. The molecule has 134 valence electrons. The summed E-state index contributed by atoms with van der Waals surface area (Å²) >= 11 is 0. The second-order valence-corrected chi connectivity index (χ2v) is 5.75. The standard InChI is InChI=1S/C17H24N6O2/c1-24-15-4-2-14(3-5-15)12-19-16-13-20-22-17(21-16)18-6-7-23-8-10-25-11-9-23/h2-5,13H,6-12H2,1H3,(H2,18,19,21,22). The van der Waals surface area contributed by atoms with E-state index in [9.17, 15) is 0 Å². The number of aromatic nitrogens is 3. The Kier molecular flexibility index (Phi) is 6.35.